The summed E-state index contributed by atoms with van der Waals surface area (Å²) in [6, 6.07) is 5.58. The summed E-state index contributed by atoms with van der Waals surface area (Å²) in [7, 11) is 0. The van der Waals surface area contributed by atoms with E-state index in [0.717, 1.165) is 11.6 Å². The summed E-state index contributed by atoms with van der Waals surface area (Å²) in [4.78, 5) is 14.8. The second kappa shape index (κ2) is 4.61. The van der Waals surface area contributed by atoms with Crippen LogP contribution in [0.4, 0.5) is 0 Å². The van der Waals surface area contributed by atoms with Gasteiger partial charge in [0.15, 0.2) is 0 Å². The molecule has 16 heavy (non-hydrogen) atoms. The number of hydrogen-bond acceptors (Lipinski definition) is 3. The van der Waals surface area contributed by atoms with Gasteiger partial charge in [-0.05, 0) is 37.8 Å². The fourth-order valence-electron chi connectivity index (χ4n) is 1.73. The van der Waals surface area contributed by atoms with E-state index < -0.39 is 5.97 Å². The molecule has 1 fully saturated rings. The topological polar surface area (TPSA) is 62.2 Å². The molecule has 0 radical (unpaired) electrons. The van der Waals surface area contributed by atoms with E-state index in [-0.39, 0.29) is 5.69 Å². The maximum Gasteiger partial charge on any atom is 0.354 e. The summed E-state index contributed by atoms with van der Waals surface area (Å²) in [6.45, 7) is 2.80. The van der Waals surface area contributed by atoms with Crippen LogP contribution in [0.1, 0.15) is 35.9 Å². The van der Waals surface area contributed by atoms with Crippen LogP contribution < -0.4 is 5.32 Å². The minimum atomic E-state index is -0.975. The Morgan fingerprint density at radius 1 is 1.62 bits per heavy atom. The molecule has 0 aliphatic heterocycles. The largest absolute Gasteiger partial charge is 0.477 e. The molecule has 1 aromatic heterocycles. The zero-order chi connectivity index (χ0) is 11.5. The summed E-state index contributed by atoms with van der Waals surface area (Å²) in [6.07, 6.45) is 2.60. The van der Waals surface area contributed by atoms with Crippen LogP contribution >= 0.6 is 0 Å². The van der Waals surface area contributed by atoms with Crippen molar-refractivity contribution in [1.29, 1.82) is 0 Å². The van der Waals surface area contributed by atoms with Crippen LogP contribution in [0, 0.1) is 5.92 Å². The Hall–Kier alpha value is -1.42. The molecule has 0 bridgehead atoms. The van der Waals surface area contributed by atoms with Crippen LogP contribution in [0.15, 0.2) is 18.2 Å². The SMILES string of the molecule is CC(NCc1cccc(C(=O)O)n1)C1CC1. The maximum atomic E-state index is 10.7. The third kappa shape index (κ3) is 2.79. The van der Waals surface area contributed by atoms with Gasteiger partial charge in [0.05, 0.1) is 5.69 Å². The molecule has 0 aromatic carbocycles. The second-order valence-corrected chi connectivity index (χ2v) is 4.33. The first kappa shape index (κ1) is 11.1. The summed E-state index contributed by atoms with van der Waals surface area (Å²) in [5.74, 6) is -0.181. The van der Waals surface area contributed by atoms with E-state index in [4.69, 9.17) is 5.11 Å². The molecular weight excluding hydrogens is 204 g/mol. The third-order valence-corrected chi connectivity index (χ3v) is 2.96. The molecule has 1 heterocycles. The number of rotatable bonds is 5. The lowest BCUT2D eigenvalue weighted by atomic mass is 10.2. The number of nitrogens with zero attached hydrogens (tertiary/aromatic N) is 1. The highest BCUT2D eigenvalue weighted by molar-refractivity contribution is 5.85. The number of pyridine rings is 1. The molecule has 1 saturated carbocycles. The van der Waals surface area contributed by atoms with Gasteiger partial charge in [-0.2, -0.15) is 0 Å². The fraction of sp³-hybridized carbons (Fsp3) is 0.500. The molecule has 1 aliphatic carbocycles. The molecule has 4 nitrogen and oxygen atoms in total. The van der Waals surface area contributed by atoms with Gasteiger partial charge in [-0.15, -0.1) is 0 Å². The molecule has 4 heteroatoms. The number of aromatic nitrogens is 1. The monoisotopic (exact) mass is 220 g/mol. The number of hydrogen-bond donors (Lipinski definition) is 2. The van der Waals surface area contributed by atoms with Crippen molar-refractivity contribution in [2.75, 3.05) is 0 Å². The van der Waals surface area contributed by atoms with E-state index in [0.29, 0.717) is 12.6 Å². The predicted octanol–water partition coefficient (Wildman–Crippen LogP) is 1.67. The van der Waals surface area contributed by atoms with Crippen molar-refractivity contribution in [2.24, 2.45) is 5.92 Å². The van der Waals surface area contributed by atoms with E-state index in [1.165, 1.54) is 18.9 Å². The Bertz CT molecular complexity index is 388. The van der Waals surface area contributed by atoms with Crippen LogP contribution in [0.2, 0.25) is 0 Å². The Morgan fingerprint density at radius 2 is 2.38 bits per heavy atom. The number of nitrogens with one attached hydrogen (secondary N) is 1. The lowest BCUT2D eigenvalue weighted by molar-refractivity contribution is 0.0690. The summed E-state index contributed by atoms with van der Waals surface area (Å²) in [5, 5.41) is 12.2. The van der Waals surface area contributed by atoms with Crippen molar-refractivity contribution in [3.8, 4) is 0 Å². The normalized spacial score (nSPS) is 17.1. The summed E-state index contributed by atoms with van der Waals surface area (Å²) < 4.78 is 0. The van der Waals surface area contributed by atoms with Gasteiger partial charge in [-0.3, -0.25) is 0 Å². The predicted molar refractivity (Wildman–Crippen MR) is 60.2 cm³/mol. The van der Waals surface area contributed by atoms with Gasteiger partial charge in [-0.1, -0.05) is 6.07 Å². The van der Waals surface area contributed by atoms with Gasteiger partial charge in [0.2, 0.25) is 0 Å². The van der Waals surface area contributed by atoms with E-state index in [1.54, 1.807) is 6.07 Å². The Morgan fingerprint density at radius 3 is 3.00 bits per heavy atom. The summed E-state index contributed by atoms with van der Waals surface area (Å²) in [5.41, 5.74) is 0.894. The Kier molecular flexibility index (Phi) is 3.19. The van der Waals surface area contributed by atoms with Crippen molar-refractivity contribution in [1.82, 2.24) is 10.3 Å². The second-order valence-electron chi connectivity index (χ2n) is 4.33. The summed E-state index contributed by atoms with van der Waals surface area (Å²) >= 11 is 0. The lowest BCUT2D eigenvalue weighted by Gasteiger charge is -2.12. The van der Waals surface area contributed by atoms with Crippen LogP contribution in [0.25, 0.3) is 0 Å². The van der Waals surface area contributed by atoms with Gasteiger partial charge in [0.1, 0.15) is 5.69 Å². The molecule has 0 spiro atoms. The zero-order valence-electron chi connectivity index (χ0n) is 9.31. The van der Waals surface area contributed by atoms with E-state index in [9.17, 15) is 4.79 Å². The highest BCUT2D eigenvalue weighted by Gasteiger charge is 2.27. The molecule has 2 rings (SSSR count). The van der Waals surface area contributed by atoms with Gasteiger partial charge < -0.3 is 10.4 Å². The average Bonchev–Trinajstić information content (AvgIpc) is 3.10. The minimum Gasteiger partial charge on any atom is -0.477 e. The average molecular weight is 220 g/mol. The molecule has 0 amide bonds. The number of aromatic carboxylic acids is 1. The van der Waals surface area contributed by atoms with E-state index in [2.05, 4.69) is 17.2 Å². The van der Waals surface area contributed by atoms with Crippen LogP contribution in [0.5, 0.6) is 0 Å². The van der Waals surface area contributed by atoms with Crippen molar-refractivity contribution < 1.29 is 9.90 Å². The third-order valence-electron chi connectivity index (χ3n) is 2.96. The van der Waals surface area contributed by atoms with Crippen molar-refractivity contribution in [3.05, 3.63) is 29.6 Å². The number of carboxylic acid groups (broad SMARTS) is 1. The first-order valence-electron chi connectivity index (χ1n) is 5.59. The molecule has 2 N–H and O–H groups in total. The van der Waals surface area contributed by atoms with Gasteiger partial charge in [0.25, 0.3) is 0 Å². The molecular formula is C12H16N2O2. The molecule has 1 unspecified atom stereocenters. The zero-order valence-corrected chi connectivity index (χ0v) is 9.31. The first-order valence-corrected chi connectivity index (χ1v) is 5.59. The van der Waals surface area contributed by atoms with E-state index >= 15 is 0 Å². The van der Waals surface area contributed by atoms with Crippen molar-refractivity contribution in [3.63, 3.8) is 0 Å². The Labute approximate surface area is 94.7 Å². The van der Waals surface area contributed by atoms with Gasteiger partial charge in [-0.25, -0.2) is 9.78 Å². The number of carbonyl (C=O) groups is 1. The first-order chi connectivity index (χ1) is 7.66. The quantitative estimate of drug-likeness (QED) is 0.792. The minimum absolute atomic E-state index is 0.110. The van der Waals surface area contributed by atoms with Gasteiger partial charge >= 0.3 is 5.97 Å². The van der Waals surface area contributed by atoms with Crippen molar-refractivity contribution in [2.45, 2.75) is 32.4 Å². The molecule has 1 atom stereocenters. The van der Waals surface area contributed by atoms with Crippen LogP contribution in [-0.4, -0.2) is 22.1 Å². The maximum absolute atomic E-state index is 10.7. The molecule has 1 aromatic rings. The van der Waals surface area contributed by atoms with E-state index in [1.807, 2.05) is 6.07 Å². The standard InChI is InChI=1S/C12H16N2O2/c1-8(9-5-6-9)13-7-10-3-2-4-11(14-10)12(15)16/h2-4,8-9,13H,5-7H2,1H3,(H,15,16). The molecule has 0 saturated heterocycles. The molecule has 86 valence electrons. The lowest BCUT2D eigenvalue weighted by Crippen LogP contribution is -2.27. The fourth-order valence-corrected chi connectivity index (χ4v) is 1.73. The molecule has 1 aliphatic rings. The number of carboxylic acids is 1. The van der Waals surface area contributed by atoms with Crippen molar-refractivity contribution >= 4 is 5.97 Å². The van der Waals surface area contributed by atoms with Crippen LogP contribution in [0.3, 0.4) is 0 Å². The van der Waals surface area contributed by atoms with Crippen LogP contribution in [-0.2, 0) is 6.54 Å². The highest BCUT2D eigenvalue weighted by atomic mass is 16.4. The highest BCUT2D eigenvalue weighted by Crippen LogP contribution is 2.32. The van der Waals surface area contributed by atoms with Gasteiger partial charge in [0, 0.05) is 12.6 Å². The Balaban J connectivity index is 1.92. The smallest absolute Gasteiger partial charge is 0.354 e.